The van der Waals surface area contributed by atoms with Crippen molar-refractivity contribution in [2.24, 2.45) is 5.92 Å². The Balaban J connectivity index is 2.08. The molecule has 0 aromatic carbocycles. The zero-order valence-electron chi connectivity index (χ0n) is 10.4. The molecule has 94 valence electrons. The molecule has 4 heteroatoms. The first kappa shape index (κ1) is 13.5. The monoisotopic (exact) mass is 228 g/mol. The van der Waals surface area contributed by atoms with Crippen molar-refractivity contribution in [3.8, 4) is 0 Å². The van der Waals surface area contributed by atoms with Gasteiger partial charge in [-0.3, -0.25) is 4.79 Å². The normalized spacial score (nSPS) is 20.9. The Bertz CT molecular complexity index is 215. The van der Waals surface area contributed by atoms with E-state index in [9.17, 15) is 4.79 Å². The van der Waals surface area contributed by atoms with Gasteiger partial charge in [-0.2, -0.15) is 0 Å². The quantitative estimate of drug-likeness (QED) is 0.687. The first-order valence-corrected chi connectivity index (χ1v) is 6.25. The van der Waals surface area contributed by atoms with Crippen molar-refractivity contribution in [2.75, 3.05) is 26.2 Å². The van der Waals surface area contributed by atoms with Gasteiger partial charge in [0.2, 0.25) is 0 Å². The lowest BCUT2D eigenvalue weighted by Crippen LogP contribution is -2.36. The average molecular weight is 228 g/mol. The Hall–Kier alpha value is -0.610. The lowest BCUT2D eigenvalue weighted by molar-refractivity contribution is -0.137. The second-order valence-corrected chi connectivity index (χ2v) is 5.02. The van der Waals surface area contributed by atoms with Crippen LogP contribution in [0.15, 0.2) is 0 Å². The van der Waals surface area contributed by atoms with E-state index in [-0.39, 0.29) is 12.5 Å². The number of nitrogens with zero attached hydrogens (tertiary/aromatic N) is 1. The number of carboxylic acids is 1. The van der Waals surface area contributed by atoms with Crippen LogP contribution in [0.1, 0.15) is 33.1 Å². The summed E-state index contributed by atoms with van der Waals surface area (Å²) in [6, 6.07) is 0.0681. The molecule has 1 saturated heterocycles. The van der Waals surface area contributed by atoms with Crippen molar-refractivity contribution in [3.05, 3.63) is 0 Å². The number of carbonyl (C=O) groups is 1. The van der Waals surface area contributed by atoms with Crippen molar-refractivity contribution in [1.82, 2.24) is 10.2 Å². The third-order valence-electron chi connectivity index (χ3n) is 3.06. The number of nitrogens with one attached hydrogen (secondary N) is 1. The van der Waals surface area contributed by atoms with Crippen LogP contribution in [0, 0.1) is 5.92 Å². The fourth-order valence-electron chi connectivity index (χ4n) is 2.21. The number of hydrogen-bond donors (Lipinski definition) is 2. The van der Waals surface area contributed by atoms with Crippen LogP contribution < -0.4 is 5.32 Å². The van der Waals surface area contributed by atoms with Gasteiger partial charge in [0, 0.05) is 12.6 Å². The van der Waals surface area contributed by atoms with E-state index in [1.807, 2.05) is 6.92 Å². The SMILES string of the molecule is CC(CNC(C)CC(=O)O)CN1CCCC1. The topological polar surface area (TPSA) is 52.6 Å². The zero-order valence-corrected chi connectivity index (χ0v) is 10.4. The van der Waals surface area contributed by atoms with Crippen LogP contribution in [0.4, 0.5) is 0 Å². The van der Waals surface area contributed by atoms with E-state index in [2.05, 4.69) is 17.1 Å². The minimum Gasteiger partial charge on any atom is -0.481 e. The Morgan fingerprint density at radius 3 is 2.56 bits per heavy atom. The standard InChI is InChI=1S/C12H24N2O2/c1-10(9-14-5-3-4-6-14)8-13-11(2)7-12(15)16/h10-11,13H,3-9H2,1-2H3,(H,15,16). The first-order valence-electron chi connectivity index (χ1n) is 6.25. The van der Waals surface area contributed by atoms with Crippen molar-refractivity contribution in [1.29, 1.82) is 0 Å². The van der Waals surface area contributed by atoms with Gasteiger partial charge in [0.1, 0.15) is 0 Å². The maximum absolute atomic E-state index is 10.5. The van der Waals surface area contributed by atoms with E-state index in [1.54, 1.807) is 0 Å². The Morgan fingerprint density at radius 2 is 2.00 bits per heavy atom. The predicted octanol–water partition coefficient (Wildman–Crippen LogP) is 1.17. The van der Waals surface area contributed by atoms with Crippen LogP contribution in [-0.4, -0.2) is 48.2 Å². The highest BCUT2D eigenvalue weighted by molar-refractivity contribution is 5.67. The molecule has 1 aliphatic heterocycles. The number of hydrogen-bond acceptors (Lipinski definition) is 3. The zero-order chi connectivity index (χ0) is 12.0. The van der Waals surface area contributed by atoms with E-state index in [4.69, 9.17) is 5.11 Å². The molecular formula is C12H24N2O2. The number of aliphatic carboxylic acids is 1. The lowest BCUT2D eigenvalue weighted by atomic mass is 10.1. The molecule has 1 fully saturated rings. The summed E-state index contributed by atoms with van der Waals surface area (Å²) in [5.74, 6) is -0.137. The molecule has 0 radical (unpaired) electrons. The molecule has 1 rings (SSSR count). The molecule has 0 bridgehead atoms. The van der Waals surface area contributed by atoms with E-state index >= 15 is 0 Å². The Morgan fingerprint density at radius 1 is 1.38 bits per heavy atom. The second kappa shape index (κ2) is 6.86. The van der Waals surface area contributed by atoms with Gasteiger partial charge in [-0.25, -0.2) is 0 Å². The van der Waals surface area contributed by atoms with Crippen LogP contribution in [0.25, 0.3) is 0 Å². The van der Waals surface area contributed by atoms with Crippen molar-refractivity contribution < 1.29 is 9.90 Å². The van der Waals surface area contributed by atoms with E-state index in [0.717, 1.165) is 13.1 Å². The fourth-order valence-corrected chi connectivity index (χ4v) is 2.21. The molecule has 0 amide bonds. The maximum Gasteiger partial charge on any atom is 0.304 e. The van der Waals surface area contributed by atoms with Crippen LogP contribution in [-0.2, 0) is 4.79 Å². The lowest BCUT2D eigenvalue weighted by Gasteiger charge is -2.22. The summed E-state index contributed by atoms with van der Waals surface area (Å²) >= 11 is 0. The molecule has 4 nitrogen and oxygen atoms in total. The van der Waals surface area contributed by atoms with Crippen molar-refractivity contribution >= 4 is 5.97 Å². The Labute approximate surface area is 98.0 Å². The van der Waals surface area contributed by atoms with Crippen molar-refractivity contribution in [2.45, 2.75) is 39.2 Å². The highest BCUT2D eigenvalue weighted by atomic mass is 16.4. The maximum atomic E-state index is 10.5. The van der Waals surface area contributed by atoms with Gasteiger partial charge in [0.05, 0.1) is 6.42 Å². The first-order chi connectivity index (χ1) is 7.58. The number of carboxylic acid groups (broad SMARTS) is 1. The van der Waals surface area contributed by atoms with E-state index < -0.39 is 5.97 Å². The minimum absolute atomic E-state index is 0.0681. The van der Waals surface area contributed by atoms with Gasteiger partial charge in [0.25, 0.3) is 0 Å². The van der Waals surface area contributed by atoms with E-state index in [0.29, 0.717) is 5.92 Å². The molecule has 1 heterocycles. The summed E-state index contributed by atoms with van der Waals surface area (Å²) in [7, 11) is 0. The molecule has 2 unspecified atom stereocenters. The predicted molar refractivity (Wildman–Crippen MR) is 64.6 cm³/mol. The van der Waals surface area contributed by atoms with E-state index in [1.165, 1.54) is 25.9 Å². The number of likely N-dealkylation sites (tertiary alicyclic amines) is 1. The fraction of sp³-hybridized carbons (Fsp3) is 0.917. The van der Waals surface area contributed by atoms with Crippen LogP contribution in [0.5, 0.6) is 0 Å². The van der Waals surface area contributed by atoms with Crippen molar-refractivity contribution in [3.63, 3.8) is 0 Å². The van der Waals surface area contributed by atoms with Gasteiger partial charge in [-0.1, -0.05) is 6.92 Å². The minimum atomic E-state index is -0.729. The summed E-state index contributed by atoms with van der Waals surface area (Å²) in [6.07, 6.45) is 2.86. The summed E-state index contributed by atoms with van der Waals surface area (Å²) in [4.78, 5) is 13.0. The summed E-state index contributed by atoms with van der Waals surface area (Å²) < 4.78 is 0. The smallest absolute Gasteiger partial charge is 0.304 e. The largest absolute Gasteiger partial charge is 0.481 e. The summed E-state index contributed by atoms with van der Waals surface area (Å²) in [5, 5.41) is 11.9. The van der Waals surface area contributed by atoms with Gasteiger partial charge >= 0.3 is 5.97 Å². The van der Waals surface area contributed by atoms with Crippen LogP contribution in [0.2, 0.25) is 0 Å². The molecule has 0 saturated carbocycles. The van der Waals surface area contributed by atoms with Gasteiger partial charge in [-0.15, -0.1) is 0 Å². The summed E-state index contributed by atoms with van der Waals surface area (Å²) in [6.45, 7) is 8.65. The van der Waals surface area contributed by atoms with Gasteiger partial charge < -0.3 is 15.3 Å². The molecule has 2 atom stereocenters. The average Bonchev–Trinajstić information content (AvgIpc) is 2.66. The highest BCUT2D eigenvalue weighted by Gasteiger charge is 2.15. The molecule has 2 N–H and O–H groups in total. The molecule has 16 heavy (non-hydrogen) atoms. The molecule has 0 aromatic heterocycles. The third-order valence-corrected chi connectivity index (χ3v) is 3.06. The van der Waals surface area contributed by atoms with Gasteiger partial charge in [-0.05, 0) is 45.3 Å². The van der Waals surface area contributed by atoms with Crippen LogP contribution >= 0.6 is 0 Å². The Kier molecular flexibility index (Phi) is 5.77. The van der Waals surface area contributed by atoms with Crippen LogP contribution in [0.3, 0.4) is 0 Å². The molecule has 0 aromatic rings. The summed E-state index contributed by atoms with van der Waals surface area (Å²) in [5.41, 5.74) is 0. The molecule has 1 aliphatic rings. The highest BCUT2D eigenvalue weighted by Crippen LogP contribution is 2.09. The molecule has 0 spiro atoms. The second-order valence-electron chi connectivity index (χ2n) is 5.02. The number of rotatable bonds is 7. The molecule has 0 aliphatic carbocycles. The molecular weight excluding hydrogens is 204 g/mol. The van der Waals surface area contributed by atoms with Gasteiger partial charge in [0.15, 0.2) is 0 Å². The third kappa shape index (κ3) is 5.47.